The minimum atomic E-state index is -1.46. The maximum Gasteiger partial charge on any atom is 0.345 e. The average Bonchev–Trinajstić information content (AvgIpc) is 3.79. The Kier molecular flexibility index (Phi) is 16.2. The maximum absolute atomic E-state index is 14.4. The molecule has 0 radical (unpaired) electrons. The number of hydrogen-bond donors (Lipinski definition) is 1. The molecule has 3 aromatic carbocycles. The van der Waals surface area contributed by atoms with E-state index in [2.05, 4.69) is 31.8 Å². The van der Waals surface area contributed by atoms with Crippen LogP contribution in [0.5, 0.6) is 23.1 Å². The highest BCUT2D eigenvalue weighted by atomic mass is 35.5. The lowest BCUT2D eigenvalue weighted by Crippen LogP contribution is -2.49. The molecular weight excluding hydrogens is 999 g/mol. The van der Waals surface area contributed by atoms with Gasteiger partial charge in [0.25, 0.3) is 0 Å². The van der Waals surface area contributed by atoms with Crippen molar-refractivity contribution in [1.82, 2.24) is 29.7 Å². The summed E-state index contributed by atoms with van der Waals surface area (Å²) in [6, 6.07) is 13.3. The van der Waals surface area contributed by atoms with Gasteiger partial charge in [0.1, 0.15) is 59.7 Å². The zero-order valence-electron chi connectivity index (χ0n) is 41.1. The van der Waals surface area contributed by atoms with Crippen LogP contribution in [0.4, 0.5) is 4.39 Å². The Bertz CT molecular complexity index is 2880. The lowest BCUT2D eigenvalue weighted by molar-refractivity contribution is -0.145. The average molecular weight is 1060 g/mol. The fourth-order valence-electron chi connectivity index (χ4n) is 10.1. The molecule has 15 nitrogen and oxygen atoms in total. The number of hydrogen-bond acceptors (Lipinski definition) is 15. The number of benzene rings is 3. The molecule has 1 aliphatic carbocycles. The summed E-state index contributed by atoms with van der Waals surface area (Å²) in [5, 5.41) is 12.0. The van der Waals surface area contributed by atoms with Crippen LogP contribution in [-0.4, -0.2) is 139 Å². The Labute approximate surface area is 437 Å². The van der Waals surface area contributed by atoms with Gasteiger partial charge < -0.3 is 43.2 Å². The third-order valence-electron chi connectivity index (χ3n) is 14.2. The second-order valence-corrected chi connectivity index (χ2v) is 21.1. The zero-order valence-corrected chi connectivity index (χ0v) is 43.4. The summed E-state index contributed by atoms with van der Waals surface area (Å²) in [5.74, 6) is 1.10. The number of thiophene rings is 1. The molecule has 5 aliphatic rings. The van der Waals surface area contributed by atoms with Crippen LogP contribution in [-0.2, 0) is 32.0 Å². The van der Waals surface area contributed by atoms with Gasteiger partial charge in [-0.2, -0.15) is 0 Å². The molecule has 1 N–H and O–H groups in total. The van der Waals surface area contributed by atoms with Crippen LogP contribution >= 0.6 is 34.5 Å². The van der Waals surface area contributed by atoms with Crippen LogP contribution in [0.1, 0.15) is 59.8 Å². The molecule has 19 heteroatoms. The van der Waals surface area contributed by atoms with Gasteiger partial charge in [-0.05, 0) is 111 Å². The summed E-state index contributed by atoms with van der Waals surface area (Å²) >= 11 is 16.0. The smallest absolute Gasteiger partial charge is 0.345 e. The van der Waals surface area contributed by atoms with E-state index in [0.717, 1.165) is 57.7 Å². The molecule has 73 heavy (non-hydrogen) atoms. The van der Waals surface area contributed by atoms with Crippen molar-refractivity contribution in [2.24, 2.45) is 5.92 Å². The minimum Gasteiger partial charge on any atom is -0.490 e. The Morgan fingerprint density at radius 1 is 0.890 bits per heavy atom. The van der Waals surface area contributed by atoms with Gasteiger partial charge in [-0.15, -0.1) is 11.3 Å². The predicted octanol–water partition coefficient (Wildman–Crippen LogP) is 9.62. The van der Waals surface area contributed by atoms with E-state index in [1.807, 2.05) is 19.9 Å². The largest absolute Gasteiger partial charge is 0.490 e. The van der Waals surface area contributed by atoms with Gasteiger partial charge in [-0.25, -0.2) is 29.1 Å². The molecule has 2 saturated heterocycles. The zero-order chi connectivity index (χ0) is 50.6. The third-order valence-corrected chi connectivity index (χ3v) is 16.3. The summed E-state index contributed by atoms with van der Waals surface area (Å²) < 4.78 is 58.2. The molecule has 3 aromatic heterocycles. The first-order chi connectivity index (χ1) is 35.4. The number of ether oxygens (including phenoxy) is 7. The van der Waals surface area contributed by atoms with E-state index in [1.54, 1.807) is 36.5 Å². The fraction of sp³-hybridized carbons (Fsp3) is 0.463. The number of carboxylic acids is 1. The highest BCUT2D eigenvalue weighted by molar-refractivity contribution is 7.22. The van der Waals surface area contributed by atoms with Gasteiger partial charge in [-0.1, -0.05) is 35.3 Å². The molecule has 11 rings (SSSR count). The monoisotopic (exact) mass is 1060 g/mol. The van der Waals surface area contributed by atoms with E-state index >= 15 is 0 Å². The number of rotatable bonds is 12. The highest BCUT2D eigenvalue weighted by Crippen LogP contribution is 2.53. The summed E-state index contributed by atoms with van der Waals surface area (Å²) in [4.78, 5) is 38.1. The van der Waals surface area contributed by atoms with Crippen LogP contribution in [0.2, 0.25) is 10.0 Å². The van der Waals surface area contributed by atoms with Crippen molar-refractivity contribution in [3.63, 3.8) is 0 Å². The first-order valence-electron chi connectivity index (χ1n) is 24.9. The van der Waals surface area contributed by atoms with Gasteiger partial charge in [0.05, 0.1) is 47.6 Å². The normalized spacial score (nSPS) is 22.0. The van der Waals surface area contributed by atoms with Crippen molar-refractivity contribution in [2.75, 3.05) is 79.4 Å². The first kappa shape index (κ1) is 51.3. The standard InChI is InChI=1S/C54H59Cl2FN6O9S/c1-31-44-32(2)48(56)49(47(31)55)71-40(24-63-18-16-62(3)17-19-63)29-69-39-12-13-42(70-26-38-14-15-58-51(61-38)35-6-4-33(5-7-35)25-67-28-41-27-66-20-21-68-41)36(22-39)23-43(54(64)65)72-52-46-45(44)50(73-53(46)60-30-59-52)34-8-10-37(57)11-9-34/h8-15,22,30,33,35,40-41,43H,4-7,16-21,23-29H2,1-3H3,(H,64,65)/t33?,35?,40-,41-,43-/m1/s1. The summed E-state index contributed by atoms with van der Waals surface area (Å²) in [7, 11) is 2.11. The number of nitrogens with zero attached hydrogens (tertiary/aromatic N) is 6. The number of aromatic nitrogens is 4. The van der Waals surface area contributed by atoms with Gasteiger partial charge in [0.2, 0.25) is 12.0 Å². The molecule has 3 atom stereocenters. The third kappa shape index (κ3) is 11.8. The molecule has 1 saturated carbocycles. The van der Waals surface area contributed by atoms with Gasteiger partial charge in [0, 0.05) is 73.9 Å². The second kappa shape index (κ2) is 23.1. The number of fused-ring (bicyclic) bond motifs is 7. The van der Waals surface area contributed by atoms with E-state index < -0.39 is 24.0 Å². The molecule has 4 aliphatic heterocycles. The molecule has 386 valence electrons. The number of halogens is 3. The van der Waals surface area contributed by atoms with E-state index in [4.69, 9.17) is 61.3 Å². The lowest BCUT2D eigenvalue weighted by Gasteiger charge is -2.35. The quantitative estimate of drug-likeness (QED) is 0.123. The number of likely N-dealkylation sites (N-methyl/N-ethyl adjacent to an activating group) is 1. The molecule has 6 aromatic rings. The number of piperazine rings is 1. The second-order valence-electron chi connectivity index (χ2n) is 19.3. The van der Waals surface area contributed by atoms with Crippen LogP contribution in [0.25, 0.3) is 31.8 Å². The fourth-order valence-corrected chi connectivity index (χ4v) is 11.8. The molecule has 0 spiro atoms. The van der Waals surface area contributed by atoms with Crippen molar-refractivity contribution in [1.29, 1.82) is 0 Å². The van der Waals surface area contributed by atoms with Gasteiger partial charge in [0.15, 0.2) is 5.75 Å². The molecule has 7 heterocycles. The number of carbonyl (C=O) groups is 1. The predicted molar refractivity (Wildman–Crippen MR) is 276 cm³/mol. The van der Waals surface area contributed by atoms with E-state index in [9.17, 15) is 14.3 Å². The topological polar surface area (TPSA) is 160 Å². The van der Waals surface area contributed by atoms with Crippen LogP contribution in [0.15, 0.2) is 61.1 Å². The van der Waals surface area contributed by atoms with Crippen molar-refractivity contribution in [3.8, 4) is 44.7 Å². The molecule has 0 amide bonds. The van der Waals surface area contributed by atoms with Crippen molar-refractivity contribution >= 4 is 50.7 Å². The van der Waals surface area contributed by atoms with Gasteiger partial charge in [-0.3, -0.25) is 4.90 Å². The van der Waals surface area contributed by atoms with Crippen LogP contribution in [0, 0.1) is 25.6 Å². The van der Waals surface area contributed by atoms with Crippen molar-refractivity contribution in [3.05, 3.63) is 105 Å². The SMILES string of the molecule is Cc1c(Cl)c2c(Cl)c(C)c1-c1c(-c3ccc(F)cc3)sc3ncnc(c13)O[C@@H](C(=O)O)Cc1cc(ccc1OCc1ccnc(C3CCC(COC[C@H]4COCCO4)CC3)n1)OC[C@@H](CN1CCN(C)CC1)O2. The number of aliphatic carboxylic acids is 1. The highest BCUT2D eigenvalue weighted by Gasteiger charge is 2.33. The first-order valence-corrected chi connectivity index (χ1v) is 26.5. The Hall–Kier alpha value is -5.24. The maximum atomic E-state index is 14.4. The Morgan fingerprint density at radius 3 is 2.41 bits per heavy atom. The van der Waals surface area contributed by atoms with Crippen molar-refractivity contribution < 1.29 is 47.4 Å². The van der Waals surface area contributed by atoms with E-state index in [1.165, 1.54) is 29.8 Å². The van der Waals surface area contributed by atoms with E-state index in [0.29, 0.717) is 127 Å². The summed E-state index contributed by atoms with van der Waals surface area (Å²) in [5.41, 5.74) is 4.51. The number of carboxylic acid groups (broad SMARTS) is 1. The molecule has 0 unspecified atom stereocenters. The molecule has 4 bridgehead atoms. The van der Waals surface area contributed by atoms with Crippen molar-refractivity contribution in [2.45, 2.75) is 76.8 Å². The Morgan fingerprint density at radius 2 is 1.67 bits per heavy atom. The molecular formula is C54H59Cl2FN6O9S. The minimum absolute atomic E-state index is 0.00415. The lowest BCUT2D eigenvalue weighted by atomic mass is 9.82. The van der Waals surface area contributed by atoms with Crippen LogP contribution < -0.4 is 18.9 Å². The Balaban J connectivity index is 0.968. The van der Waals surface area contributed by atoms with Crippen LogP contribution in [0.3, 0.4) is 0 Å². The summed E-state index contributed by atoms with van der Waals surface area (Å²) in [6.07, 6.45) is 4.92. The van der Waals surface area contributed by atoms with Gasteiger partial charge >= 0.3 is 5.97 Å². The van der Waals surface area contributed by atoms with E-state index in [-0.39, 0.29) is 37.5 Å². The summed E-state index contributed by atoms with van der Waals surface area (Å²) in [6.45, 7) is 11.0. The molecule has 3 fully saturated rings.